The number of carbonyl (C=O) groups is 8. The zero-order valence-electron chi connectivity index (χ0n) is 29.4. The van der Waals surface area contributed by atoms with Gasteiger partial charge < -0.3 is 42.1 Å². The zero-order valence-corrected chi connectivity index (χ0v) is 29.4. The number of rotatable bonds is 20. The van der Waals surface area contributed by atoms with Crippen molar-refractivity contribution in [3.8, 4) is 0 Å². The van der Waals surface area contributed by atoms with E-state index in [1.807, 2.05) is 5.32 Å². The van der Waals surface area contributed by atoms with Crippen LogP contribution in [0.5, 0.6) is 0 Å². The quantitative estimate of drug-likeness (QED) is 0.0840. The standard InChI is InChI=1S/C31H47F5N6O10/c1-6-9-17(24(47)30(32,33)31(34,35)36)38-27(50)19-10-8-11-42(19)29(52)22(14(3)4)40-28(51)23(15(5)7-2)41-26(49)18(13-21(45)46)39-25(48)16(37)12-20(43)44/h14-19,22-23H,6-13,37H2,1-5H3,(H,38,50)(H,39,48)(H,40,51)(H,41,49)(H,43,44)(H,45,46)/t15-,16-,17+,18-,19-,22-,23-/m0/s1. The van der Waals surface area contributed by atoms with Crippen molar-refractivity contribution in [2.24, 2.45) is 17.6 Å². The predicted octanol–water partition coefficient (Wildman–Crippen LogP) is 0.462. The third-order valence-corrected chi connectivity index (χ3v) is 8.48. The van der Waals surface area contributed by atoms with Crippen LogP contribution < -0.4 is 27.0 Å². The van der Waals surface area contributed by atoms with E-state index in [1.165, 1.54) is 20.8 Å². The van der Waals surface area contributed by atoms with Gasteiger partial charge in [0.2, 0.25) is 35.3 Å². The molecule has 0 radical (unpaired) electrons. The van der Waals surface area contributed by atoms with Gasteiger partial charge in [-0.1, -0.05) is 47.5 Å². The van der Waals surface area contributed by atoms with Gasteiger partial charge in [-0.05, 0) is 31.1 Å². The molecule has 52 heavy (non-hydrogen) atoms. The molecule has 0 aliphatic carbocycles. The van der Waals surface area contributed by atoms with Crippen LogP contribution in [0, 0.1) is 11.8 Å². The highest BCUT2D eigenvalue weighted by atomic mass is 19.4. The highest BCUT2D eigenvalue weighted by molar-refractivity contribution is 5.99. The Hall–Kier alpha value is -4.43. The zero-order chi connectivity index (χ0) is 40.3. The van der Waals surface area contributed by atoms with E-state index in [4.69, 9.17) is 10.8 Å². The summed E-state index contributed by atoms with van der Waals surface area (Å²) in [6.45, 7) is 7.57. The number of halogens is 5. The van der Waals surface area contributed by atoms with Crippen LogP contribution in [0.25, 0.3) is 0 Å². The third kappa shape index (κ3) is 12.4. The lowest BCUT2D eigenvalue weighted by Gasteiger charge is -2.33. The Morgan fingerprint density at radius 2 is 1.35 bits per heavy atom. The molecule has 21 heteroatoms. The summed E-state index contributed by atoms with van der Waals surface area (Å²) < 4.78 is 66.5. The van der Waals surface area contributed by atoms with Crippen LogP contribution in [0.4, 0.5) is 22.0 Å². The van der Waals surface area contributed by atoms with Gasteiger partial charge >= 0.3 is 24.0 Å². The molecular weight excluding hydrogens is 711 g/mol. The minimum atomic E-state index is -6.20. The Bertz CT molecular complexity index is 1350. The molecule has 8 N–H and O–H groups in total. The minimum Gasteiger partial charge on any atom is -0.481 e. The second-order valence-corrected chi connectivity index (χ2v) is 12.9. The molecule has 0 bridgehead atoms. The van der Waals surface area contributed by atoms with Gasteiger partial charge in [0, 0.05) is 6.54 Å². The molecule has 0 aromatic heterocycles. The first-order chi connectivity index (χ1) is 23.9. The lowest BCUT2D eigenvalue weighted by molar-refractivity contribution is -0.269. The molecule has 1 heterocycles. The first kappa shape index (κ1) is 45.6. The summed E-state index contributed by atoms with van der Waals surface area (Å²) >= 11 is 0. The Labute approximate surface area is 296 Å². The number of carbonyl (C=O) groups excluding carboxylic acids is 6. The van der Waals surface area contributed by atoms with E-state index in [0.717, 1.165) is 4.90 Å². The number of hydrogen-bond donors (Lipinski definition) is 7. The summed E-state index contributed by atoms with van der Waals surface area (Å²) in [5.74, 6) is -17.8. The average molecular weight is 759 g/mol. The maximum Gasteiger partial charge on any atom is 0.461 e. The van der Waals surface area contributed by atoms with Gasteiger partial charge in [-0.2, -0.15) is 22.0 Å². The SMILES string of the molecule is CCC[C@@H](NC(=O)[C@@H]1CCCN1C(=O)[C@@H](NC(=O)[C@@H](NC(=O)[C@H](CC(=O)O)NC(=O)[C@@H](N)CC(=O)O)[C@@H](C)CC)C(C)C)C(=O)C(F)(F)C(F)(F)F. The molecule has 1 aliphatic heterocycles. The average Bonchev–Trinajstić information content (AvgIpc) is 3.53. The molecule has 296 valence electrons. The molecule has 1 rings (SSSR count). The van der Waals surface area contributed by atoms with Gasteiger partial charge in [-0.3, -0.25) is 38.4 Å². The normalized spacial score (nSPS) is 18.3. The molecule has 0 spiro atoms. The van der Waals surface area contributed by atoms with Crippen molar-refractivity contribution in [3.63, 3.8) is 0 Å². The molecule has 5 amide bonds. The Morgan fingerprint density at radius 1 is 0.788 bits per heavy atom. The Kier molecular flexibility index (Phi) is 17.0. The monoisotopic (exact) mass is 758 g/mol. The second kappa shape index (κ2) is 19.4. The molecule has 16 nitrogen and oxygen atoms in total. The van der Waals surface area contributed by atoms with E-state index < -0.39 is 127 Å². The van der Waals surface area contributed by atoms with E-state index in [2.05, 4.69) is 16.0 Å². The van der Waals surface area contributed by atoms with Crippen LogP contribution in [-0.4, -0.2) is 117 Å². The van der Waals surface area contributed by atoms with Crippen LogP contribution in [0.3, 0.4) is 0 Å². The first-order valence-corrected chi connectivity index (χ1v) is 16.6. The number of carboxylic acid groups (broad SMARTS) is 2. The summed E-state index contributed by atoms with van der Waals surface area (Å²) in [7, 11) is 0. The maximum atomic E-state index is 13.9. The number of amides is 5. The number of carboxylic acids is 2. The van der Waals surface area contributed by atoms with Crippen LogP contribution in [0.2, 0.25) is 0 Å². The fourth-order valence-electron chi connectivity index (χ4n) is 5.32. The Balaban J connectivity index is 3.26. The summed E-state index contributed by atoms with van der Waals surface area (Å²) in [6.07, 6.45) is -8.19. The number of nitrogens with one attached hydrogen (secondary N) is 4. The smallest absolute Gasteiger partial charge is 0.461 e. The van der Waals surface area contributed by atoms with E-state index in [9.17, 15) is 65.4 Å². The van der Waals surface area contributed by atoms with Crippen molar-refractivity contribution in [2.45, 2.75) is 128 Å². The summed E-state index contributed by atoms with van der Waals surface area (Å²) in [5, 5.41) is 27.0. The fraction of sp³-hybridized carbons (Fsp3) is 0.742. The lowest BCUT2D eigenvalue weighted by atomic mass is 9.95. The molecule has 0 aromatic carbocycles. The highest BCUT2D eigenvalue weighted by Gasteiger charge is 2.64. The number of nitrogens with zero attached hydrogens (tertiary/aromatic N) is 1. The van der Waals surface area contributed by atoms with Crippen LogP contribution >= 0.6 is 0 Å². The van der Waals surface area contributed by atoms with E-state index >= 15 is 0 Å². The van der Waals surface area contributed by atoms with Gasteiger partial charge in [0.25, 0.3) is 0 Å². The summed E-state index contributed by atoms with van der Waals surface area (Å²) in [5.41, 5.74) is 5.51. The molecule has 0 unspecified atom stereocenters. The molecule has 0 saturated carbocycles. The van der Waals surface area contributed by atoms with Crippen molar-refractivity contribution in [3.05, 3.63) is 0 Å². The van der Waals surface area contributed by atoms with E-state index in [0.29, 0.717) is 0 Å². The maximum absolute atomic E-state index is 13.9. The topological polar surface area (TPSA) is 254 Å². The minimum absolute atomic E-state index is 0.0443. The third-order valence-electron chi connectivity index (χ3n) is 8.48. The van der Waals surface area contributed by atoms with Gasteiger partial charge in [0.1, 0.15) is 24.2 Å². The number of Topliss-reactive ketones (excluding diaryl/α,β-unsaturated/α-hetero) is 1. The van der Waals surface area contributed by atoms with Crippen LogP contribution in [0.15, 0.2) is 0 Å². The number of likely N-dealkylation sites (tertiary alicyclic amines) is 1. The van der Waals surface area contributed by atoms with Gasteiger partial charge in [-0.25, -0.2) is 0 Å². The number of alkyl halides is 5. The summed E-state index contributed by atoms with van der Waals surface area (Å²) in [4.78, 5) is 102. The van der Waals surface area contributed by atoms with Crippen molar-refractivity contribution < 1.29 is 70.5 Å². The number of aliphatic carboxylic acids is 2. The molecule has 1 saturated heterocycles. The van der Waals surface area contributed by atoms with Crippen molar-refractivity contribution >= 4 is 47.3 Å². The van der Waals surface area contributed by atoms with Crippen LogP contribution in [0.1, 0.15) is 79.6 Å². The molecule has 1 fully saturated rings. The predicted molar refractivity (Wildman–Crippen MR) is 170 cm³/mol. The fourth-order valence-corrected chi connectivity index (χ4v) is 5.32. The number of ketones is 1. The van der Waals surface area contributed by atoms with Crippen molar-refractivity contribution in [2.75, 3.05) is 6.54 Å². The van der Waals surface area contributed by atoms with Gasteiger partial charge in [0.15, 0.2) is 0 Å². The molecule has 0 aromatic rings. The second-order valence-electron chi connectivity index (χ2n) is 12.9. The van der Waals surface area contributed by atoms with E-state index in [1.54, 1.807) is 13.8 Å². The van der Waals surface area contributed by atoms with E-state index in [-0.39, 0.29) is 32.2 Å². The van der Waals surface area contributed by atoms with Crippen molar-refractivity contribution in [1.82, 2.24) is 26.2 Å². The molecule has 7 atom stereocenters. The first-order valence-electron chi connectivity index (χ1n) is 16.6. The number of nitrogens with two attached hydrogens (primary N) is 1. The Morgan fingerprint density at radius 3 is 1.83 bits per heavy atom. The molecular formula is C31H47F5N6O10. The largest absolute Gasteiger partial charge is 0.481 e. The van der Waals surface area contributed by atoms with Gasteiger partial charge in [0.05, 0.1) is 24.9 Å². The highest BCUT2D eigenvalue weighted by Crippen LogP contribution is 2.37. The van der Waals surface area contributed by atoms with Crippen molar-refractivity contribution in [1.29, 1.82) is 0 Å². The lowest BCUT2D eigenvalue weighted by Crippen LogP contribution is -2.61. The van der Waals surface area contributed by atoms with Crippen LogP contribution in [-0.2, 0) is 38.4 Å². The molecule has 1 aliphatic rings. The number of hydrogen-bond acceptors (Lipinski definition) is 9. The van der Waals surface area contributed by atoms with Gasteiger partial charge in [-0.15, -0.1) is 0 Å². The summed E-state index contributed by atoms with van der Waals surface area (Å²) in [6, 6.07) is -9.85.